The van der Waals surface area contributed by atoms with Gasteiger partial charge in [-0.15, -0.1) is 0 Å². The summed E-state index contributed by atoms with van der Waals surface area (Å²) in [7, 11) is 0. The predicted molar refractivity (Wildman–Crippen MR) is 41.2 cm³/mol. The summed E-state index contributed by atoms with van der Waals surface area (Å²) in [5.74, 6) is 2.05. The van der Waals surface area contributed by atoms with Gasteiger partial charge in [-0.25, -0.2) is 0 Å². The zero-order valence-electron chi connectivity index (χ0n) is 5.68. The zero-order valence-corrected chi connectivity index (χ0v) is 6.50. The molecule has 50 valence electrons. The van der Waals surface area contributed by atoms with Crippen molar-refractivity contribution in [2.75, 3.05) is 18.6 Å². The Morgan fingerprint density at radius 2 is 2.25 bits per heavy atom. The van der Waals surface area contributed by atoms with Crippen LogP contribution >= 0.6 is 11.8 Å². The normalized spacial score (nSPS) is 13.9. The van der Waals surface area contributed by atoms with E-state index < -0.39 is 0 Å². The van der Waals surface area contributed by atoms with E-state index in [0.717, 1.165) is 12.5 Å². The van der Waals surface area contributed by atoms with Crippen LogP contribution in [0, 0.1) is 5.92 Å². The number of thioether (sulfide) groups is 1. The maximum absolute atomic E-state index is 5.35. The van der Waals surface area contributed by atoms with Crippen LogP contribution in [0.3, 0.4) is 0 Å². The number of hydrogen-bond donors (Lipinski definition) is 1. The van der Waals surface area contributed by atoms with Gasteiger partial charge in [0, 0.05) is 0 Å². The van der Waals surface area contributed by atoms with E-state index >= 15 is 0 Å². The molecule has 0 spiro atoms. The van der Waals surface area contributed by atoms with Gasteiger partial charge in [0.15, 0.2) is 0 Å². The standard InChI is InChI=1S/C6H15NS/c1-6(3-4-7)5-8-2/h6H,3-5,7H2,1-2H3. The third kappa shape index (κ3) is 4.47. The van der Waals surface area contributed by atoms with Crippen LogP contribution in [0.2, 0.25) is 0 Å². The van der Waals surface area contributed by atoms with Crippen LogP contribution in [0.4, 0.5) is 0 Å². The number of nitrogens with two attached hydrogens (primary N) is 1. The fourth-order valence-electron chi connectivity index (χ4n) is 0.652. The van der Waals surface area contributed by atoms with Crippen molar-refractivity contribution in [2.45, 2.75) is 13.3 Å². The topological polar surface area (TPSA) is 26.0 Å². The number of rotatable bonds is 4. The Labute approximate surface area is 56.0 Å². The Morgan fingerprint density at radius 3 is 2.62 bits per heavy atom. The Bertz CT molecular complexity index is 41.8. The molecule has 1 atom stereocenters. The fraction of sp³-hybridized carbons (Fsp3) is 1.00. The van der Waals surface area contributed by atoms with Gasteiger partial charge in [-0.2, -0.15) is 11.8 Å². The first-order chi connectivity index (χ1) is 3.81. The van der Waals surface area contributed by atoms with Crippen LogP contribution in [-0.2, 0) is 0 Å². The molecule has 0 aliphatic carbocycles. The minimum atomic E-state index is 0.801. The summed E-state index contributed by atoms with van der Waals surface area (Å²) in [5.41, 5.74) is 5.35. The highest BCUT2D eigenvalue weighted by Crippen LogP contribution is 2.06. The van der Waals surface area contributed by atoms with Gasteiger partial charge >= 0.3 is 0 Å². The van der Waals surface area contributed by atoms with Crippen LogP contribution < -0.4 is 5.73 Å². The van der Waals surface area contributed by atoms with Gasteiger partial charge in [0.05, 0.1) is 0 Å². The molecule has 0 rings (SSSR count). The van der Waals surface area contributed by atoms with Gasteiger partial charge in [0.1, 0.15) is 0 Å². The monoisotopic (exact) mass is 133 g/mol. The highest BCUT2D eigenvalue weighted by Gasteiger charge is 1.96. The van der Waals surface area contributed by atoms with Gasteiger partial charge in [-0.3, -0.25) is 0 Å². The second-order valence-electron chi connectivity index (χ2n) is 2.14. The van der Waals surface area contributed by atoms with E-state index in [9.17, 15) is 0 Å². The number of hydrogen-bond acceptors (Lipinski definition) is 2. The summed E-state index contributed by atoms with van der Waals surface area (Å²) in [6.07, 6.45) is 3.30. The first-order valence-corrected chi connectivity index (χ1v) is 4.39. The third-order valence-electron chi connectivity index (χ3n) is 1.11. The summed E-state index contributed by atoms with van der Waals surface area (Å²) in [6, 6.07) is 0. The van der Waals surface area contributed by atoms with Crippen molar-refractivity contribution in [1.82, 2.24) is 0 Å². The Kier molecular flexibility index (Phi) is 5.66. The lowest BCUT2D eigenvalue weighted by molar-refractivity contribution is 0.606. The largest absolute Gasteiger partial charge is 0.330 e. The summed E-state index contributed by atoms with van der Waals surface area (Å²) in [5, 5.41) is 0. The average molecular weight is 133 g/mol. The molecule has 0 heterocycles. The van der Waals surface area contributed by atoms with Crippen molar-refractivity contribution in [3.8, 4) is 0 Å². The van der Waals surface area contributed by atoms with Crippen molar-refractivity contribution < 1.29 is 0 Å². The van der Waals surface area contributed by atoms with Crippen molar-refractivity contribution in [1.29, 1.82) is 0 Å². The van der Waals surface area contributed by atoms with E-state index in [1.54, 1.807) is 0 Å². The van der Waals surface area contributed by atoms with Crippen molar-refractivity contribution in [3.63, 3.8) is 0 Å². The molecule has 0 saturated heterocycles. The Balaban J connectivity index is 2.92. The Morgan fingerprint density at radius 1 is 1.62 bits per heavy atom. The van der Waals surface area contributed by atoms with Crippen molar-refractivity contribution >= 4 is 11.8 Å². The lowest BCUT2D eigenvalue weighted by Gasteiger charge is -2.05. The molecule has 0 fully saturated rings. The molecule has 0 amide bonds. The van der Waals surface area contributed by atoms with Gasteiger partial charge in [-0.05, 0) is 30.9 Å². The van der Waals surface area contributed by atoms with Crippen LogP contribution in [0.5, 0.6) is 0 Å². The molecule has 2 heteroatoms. The molecule has 0 aromatic carbocycles. The van der Waals surface area contributed by atoms with Gasteiger partial charge in [-0.1, -0.05) is 6.92 Å². The molecule has 2 N–H and O–H groups in total. The molecule has 1 nitrogen and oxygen atoms in total. The highest BCUT2D eigenvalue weighted by molar-refractivity contribution is 7.98. The molecule has 0 saturated carbocycles. The minimum absolute atomic E-state index is 0.801. The second kappa shape index (κ2) is 5.45. The summed E-state index contributed by atoms with van der Waals surface area (Å²) in [6.45, 7) is 3.07. The SMILES string of the molecule is CSCC(C)CCN. The van der Waals surface area contributed by atoms with Gasteiger partial charge in [0.2, 0.25) is 0 Å². The van der Waals surface area contributed by atoms with E-state index in [2.05, 4.69) is 13.2 Å². The van der Waals surface area contributed by atoms with E-state index in [1.807, 2.05) is 11.8 Å². The Hall–Kier alpha value is 0.310. The molecular weight excluding hydrogens is 118 g/mol. The molecular formula is C6H15NS. The van der Waals surface area contributed by atoms with Crippen molar-refractivity contribution in [2.24, 2.45) is 11.7 Å². The molecule has 0 aliphatic rings. The minimum Gasteiger partial charge on any atom is -0.330 e. The van der Waals surface area contributed by atoms with E-state index in [4.69, 9.17) is 5.73 Å². The summed E-state index contributed by atoms with van der Waals surface area (Å²) >= 11 is 1.89. The lowest BCUT2D eigenvalue weighted by atomic mass is 10.1. The quantitative estimate of drug-likeness (QED) is 0.626. The average Bonchev–Trinajstić information content (AvgIpc) is 1.68. The molecule has 0 aromatic rings. The van der Waals surface area contributed by atoms with Crippen molar-refractivity contribution in [3.05, 3.63) is 0 Å². The zero-order chi connectivity index (χ0) is 6.41. The summed E-state index contributed by atoms with van der Waals surface area (Å²) in [4.78, 5) is 0. The first-order valence-electron chi connectivity index (χ1n) is 3.00. The van der Waals surface area contributed by atoms with Gasteiger partial charge < -0.3 is 5.73 Å². The van der Waals surface area contributed by atoms with Crippen LogP contribution in [0.25, 0.3) is 0 Å². The molecule has 0 radical (unpaired) electrons. The third-order valence-corrected chi connectivity index (χ3v) is 2.01. The fourth-order valence-corrected chi connectivity index (χ4v) is 1.39. The van der Waals surface area contributed by atoms with E-state index in [0.29, 0.717) is 0 Å². The predicted octanol–water partition coefficient (Wildman–Crippen LogP) is 1.33. The van der Waals surface area contributed by atoms with Crippen LogP contribution in [0.15, 0.2) is 0 Å². The smallest absolute Gasteiger partial charge is 0.00441 e. The van der Waals surface area contributed by atoms with E-state index in [-0.39, 0.29) is 0 Å². The molecule has 0 bridgehead atoms. The first kappa shape index (κ1) is 8.31. The molecule has 1 unspecified atom stereocenters. The molecule has 8 heavy (non-hydrogen) atoms. The lowest BCUT2D eigenvalue weighted by Crippen LogP contribution is -2.07. The van der Waals surface area contributed by atoms with Crippen LogP contribution in [-0.4, -0.2) is 18.6 Å². The van der Waals surface area contributed by atoms with Crippen LogP contribution in [0.1, 0.15) is 13.3 Å². The maximum Gasteiger partial charge on any atom is -0.00441 e. The van der Waals surface area contributed by atoms with E-state index in [1.165, 1.54) is 12.2 Å². The summed E-state index contributed by atoms with van der Waals surface area (Å²) < 4.78 is 0. The second-order valence-corrected chi connectivity index (χ2v) is 3.05. The highest BCUT2D eigenvalue weighted by atomic mass is 32.2. The molecule has 0 aliphatic heterocycles. The maximum atomic E-state index is 5.35. The van der Waals surface area contributed by atoms with Gasteiger partial charge in [0.25, 0.3) is 0 Å². The molecule has 0 aromatic heterocycles.